The molecular formula is C12H10ClNO2S. The van der Waals surface area contributed by atoms with E-state index in [0.717, 1.165) is 0 Å². The first kappa shape index (κ1) is 12.2. The molecule has 17 heavy (non-hydrogen) atoms. The number of rotatable bonds is 2. The quantitative estimate of drug-likeness (QED) is 0.611. The molecule has 0 aliphatic carbocycles. The standard InChI is InChI=1S/C12H10ClNO2S/c1-14-11(16)7-17-12(14)6-10(15)8-2-4-9(13)5-3-8/h2-6H,7H2,1H3/b12-6+. The third kappa shape index (κ3) is 2.70. The molecule has 1 aromatic carbocycles. The summed E-state index contributed by atoms with van der Waals surface area (Å²) in [6.07, 6.45) is 1.48. The number of halogens is 1. The maximum Gasteiger partial charge on any atom is 0.237 e. The first-order chi connectivity index (χ1) is 8.08. The zero-order valence-electron chi connectivity index (χ0n) is 9.14. The SMILES string of the molecule is CN1C(=O)CS/C1=C/C(=O)c1ccc(Cl)cc1. The summed E-state index contributed by atoms with van der Waals surface area (Å²) in [6, 6.07) is 6.68. The molecule has 1 heterocycles. The molecule has 1 aliphatic heterocycles. The van der Waals surface area contributed by atoms with Gasteiger partial charge in [-0.1, -0.05) is 23.4 Å². The van der Waals surface area contributed by atoms with Gasteiger partial charge >= 0.3 is 0 Å². The summed E-state index contributed by atoms with van der Waals surface area (Å²) in [6.45, 7) is 0. The Kier molecular flexibility index (Phi) is 3.54. The molecule has 0 saturated carbocycles. The summed E-state index contributed by atoms with van der Waals surface area (Å²) in [5, 5.41) is 1.28. The topological polar surface area (TPSA) is 37.4 Å². The van der Waals surface area contributed by atoms with E-state index in [0.29, 0.717) is 21.4 Å². The van der Waals surface area contributed by atoms with Crippen LogP contribution in [0.3, 0.4) is 0 Å². The molecule has 0 aromatic heterocycles. The fraction of sp³-hybridized carbons (Fsp3) is 0.167. The molecule has 1 amide bonds. The molecule has 1 aromatic rings. The van der Waals surface area contributed by atoms with Crippen LogP contribution in [0.5, 0.6) is 0 Å². The molecule has 0 unspecified atom stereocenters. The molecule has 2 rings (SSSR count). The van der Waals surface area contributed by atoms with Gasteiger partial charge in [0.15, 0.2) is 5.78 Å². The van der Waals surface area contributed by atoms with Crippen LogP contribution in [-0.2, 0) is 4.79 Å². The maximum absolute atomic E-state index is 11.9. The first-order valence-corrected chi connectivity index (χ1v) is 6.35. The Labute approximate surface area is 108 Å². The van der Waals surface area contributed by atoms with E-state index in [1.165, 1.54) is 22.7 Å². The van der Waals surface area contributed by atoms with E-state index in [-0.39, 0.29) is 11.7 Å². The molecule has 5 heteroatoms. The lowest BCUT2D eigenvalue weighted by molar-refractivity contribution is -0.124. The summed E-state index contributed by atoms with van der Waals surface area (Å²) < 4.78 is 0. The van der Waals surface area contributed by atoms with Gasteiger partial charge in [0.05, 0.1) is 10.8 Å². The fourth-order valence-electron chi connectivity index (χ4n) is 1.40. The first-order valence-electron chi connectivity index (χ1n) is 4.99. The molecular weight excluding hydrogens is 258 g/mol. The Bertz CT molecular complexity index is 496. The number of carbonyl (C=O) groups is 2. The van der Waals surface area contributed by atoms with Crippen molar-refractivity contribution in [3.63, 3.8) is 0 Å². The van der Waals surface area contributed by atoms with Gasteiger partial charge in [0, 0.05) is 23.7 Å². The van der Waals surface area contributed by atoms with Gasteiger partial charge in [-0.3, -0.25) is 9.59 Å². The molecule has 0 bridgehead atoms. The van der Waals surface area contributed by atoms with Crippen molar-refractivity contribution in [1.29, 1.82) is 0 Å². The van der Waals surface area contributed by atoms with Crippen LogP contribution in [0.25, 0.3) is 0 Å². The summed E-state index contributed by atoms with van der Waals surface area (Å²) in [7, 11) is 1.67. The number of nitrogens with zero attached hydrogens (tertiary/aromatic N) is 1. The number of hydrogen-bond donors (Lipinski definition) is 0. The van der Waals surface area contributed by atoms with E-state index in [1.807, 2.05) is 0 Å². The highest BCUT2D eigenvalue weighted by molar-refractivity contribution is 8.04. The molecule has 1 fully saturated rings. The van der Waals surface area contributed by atoms with Crippen LogP contribution in [0, 0.1) is 0 Å². The van der Waals surface area contributed by atoms with Gasteiger partial charge < -0.3 is 4.90 Å². The average molecular weight is 268 g/mol. The van der Waals surface area contributed by atoms with Gasteiger partial charge in [0.1, 0.15) is 0 Å². The highest BCUT2D eigenvalue weighted by Gasteiger charge is 2.23. The minimum absolute atomic E-state index is 0.0187. The third-order valence-electron chi connectivity index (χ3n) is 2.43. The second-order valence-electron chi connectivity index (χ2n) is 3.60. The van der Waals surface area contributed by atoms with Crippen LogP contribution >= 0.6 is 23.4 Å². The third-order valence-corrected chi connectivity index (χ3v) is 3.76. The predicted molar refractivity (Wildman–Crippen MR) is 69.1 cm³/mol. The number of ketones is 1. The number of allylic oxidation sites excluding steroid dienone is 1. The lowest BCUT2D eigenvalue weighted by Crippen LogP contribution is -2.19. The number of amides is 1. The number of hydrogen-bond acceptors (Lipinski definition) is 3. The number of thioether (sulfide) groups is 1. The van der Waals surface area contributed by atoms with Crippen molar-refractivity contribution >= 4 is 35.1 Å². The second kappa shape index (κ2) is 4.94. The highest BCUT2D eigenvalue weighted by atomic mass is 35.5. The zero-order chi connectivity index (χ0) is 12.4. The van der Waals surface area contributed by atoms with Crippen LogP contribution in [0.2, 0.25) is 5.02 Å². The van der Waals surface area contributed by atoms with E-state index in [4.69, 9.17) is 11.6 Å². The average Bonchev–Trinajstić information content (AvgIpc) is 2.62. The smallest absolute Gasteiger partial charge is 0.237 e. The lowest BCUT2D eigenvalue weighted by Gasteiger charge is -2.08. The Morgan fingerprint density at radius 2 is 2.06 bits per heavy atom. The predicted octanol–water partition coefficient (Wildman–Crippen LogP) is 2.57. The molecule has 1 saturated heterocycles. The van der Waals surface area contributed by atoms with Crippen molar-refractivity contribution in [3.8, 4) is 0 Å². The van der Waals surface area contributed by atoms with Crippen molar-refractivity contribution < 1.29 is 9.59 Å². The van der Waals surface area contributed by atoms with Crippen molar-refractivity contribution in [2.75, 3.05) is 12.8 Å². The van der Waals surface area contributed by atoms with Gasteiger partial charge in [0.25, 0.3) is 0 Å². The van der Waals surface area contributed by atoms with E-state index < -0.39 is 0 Å². The minimum atomic E-state index is -0.120. The van der Waals surface area contributed by atoms with Gasteiger partial charge in [0.2, 0.25) is 5.91 Å². The normalized spacial score (nSPS) is 17.9. The molecule has 0 radical (unpaired) electrons. The summed E-state index contributed by atoms with van der Waals surface area (Å²) in [5.74, 6) is 0.298. The summed E-state index contributed by atoms with van der Waals surface area (Å²) in [5.41, 5.74) is 0.565. The van der Waals surface area contributed by atoms with Crippen molar-refractivity contribution in [2.45, 2.75) is 0 Å². The number of benzene rings is 1. The van der Waals surface area contributed by atoms with Crippen LogP contribution in [0.15, 0.2) is 35.4 Å². The monoisotopic (exact) mass is 267 g/mol. The van der Waals surface area contributed by atoms with Crippen LogP contribution in [0.1, 0.15) is 10.4 Å². The van der Waals surface area contributed by atoms with E-state index in [1.54, 1.807) is 31.3 Å². The van der Waals surface area contributed by atoms with Crippen LogP contribution in [0.4, 0.5) is 0 Å². The summed E-state index contributed by atoms with van der Waals surface area (Å²) >= 11 is 7.12. The highest BCUT2D eigenvalue weighted by Crippen LogP contribution is 2.27. The van der Waals surface area contributed by atoms with Gasteiger partial charge in [-0.05, 0) is 24.3 Å². The van der Waals surface area contributed by atoms with Crippen molar-refractivity contribution in [2.24, 2.45) is 0 Å². The molecule has 1 aliphatic rings. The minimum Gasteiger partial charge on any atom is -0.309 e. The van der Waals surface area contributed by atoms with E-state index in [2.05, 4.69) is 0 Å². The fourth-order valence-corrected chi connectivity index (χ4v) is 2.48. The van der Waals surface area contributed by atoms with E-state index in [9.17, 15) is 9.59 Å². The lowest BCUT2D eigenvalue weighted by atomic mass is 10.1. The van der Waals surface area contributed by atoms with E-state index >= 15 is 0 Å². The second-order valence-corrected chi connectivity index (χ2v) is 5.03. The van der Waals surface area contributed by atoms with Gasteiger partial charge in [-0.15, -0.1) is 0 Å². The molecule has 0 N–H and O–H groups in total. The molecule has 0 atom stereocenters. The Morgan fingerprint density at radius 3 is 2.59 bits per heavy atom. The molecule has 0 spiro atoms. The van der Waals surface area contributed by atoms with Crippen molar-refractivity contribution in [1.82, 2.24) is 4.90 Å². The Morgan fingerprint density at radius 1 is 1.41 bits per heavy atom. The summed E-state index contributed by atoms with van der Waals surface area (Å²) in [4.78, 5) is 24.7. The maximum atomic E-state index is 11.9. The Hall–Kier alpha value is -1.26. The zero-order valence-corrected chi connectivity index (χ0v) is 10.7. The molecule has 88 valence electrons. The van der Waals surface area contributed by atoms with Crippen LogP contribution in [-0.4, -0.2) is 29.4 Å². The van der Waals surface area contributed by atoms with Gasteiger partial charge in [-0.2, -0.15) is 0 Å². The Balaban J connectivity index is 2.19. The largest absolute Gasteiger partial charge is 0.309 e. The van der Waals surface area contributed by atoms with Crippen LogP contribution < -0.4 is 0 Å². The molecule has 3 nitrogen and oxygen atoms in total. The number of carbonyl (C=O) groups excluding carboxylic acids is 2. The van der Waals surface area contributed by atoms with Crippen molar-refractivity contribution in [3.05, 3.63) is 46.0 Å². The van der Waals surface area contributed by atoms with Gasteiger partial charge in [-0.25, -0.2) is 0 Å².